The minimum atomic E-state index is -0.677. The lowest BCUT2D eigenvalue weighted by Gasteiger charge is -2.19. The van der Waals surface area contributed by atoms with Crippen molar-refractivity contribution in [1.29, 1.82) is 0 Å². The van der Waals surface area contributed by atoms with Gasteiger partial charge in [-0.15, -0.1) is 0 Å². The Bertz CT molecular complexity index is 485. The van der Waals surface area contributed by atoms with E-state index < -0.39 is 11.2 Å². The minimum absolute atomic E-state index is 0.129. The lowest BCUT2D eigenvalue weighted by molar-refractivity contribution is -0.386. The highest BCUT2D eigenvalue weighted by atomic mass is 16.7. The normalized spacial score (nSPS) is 10.8. The van der Waals surface area contributed by atoms with Gasteiger partial charge in [-0.3, -0.25) is 10.1 Å². The second kappa shape index (κ2) is 9.22. The summed E-state index contributed by atoms with van der Waals surface area (Å²) in [6.45, 7) is 8.75. The first-order chi connectivity index (χ1) is 10.6. The Labute approximate surface area is 130 Å². The molecular weight excluding hydrogens is 290 g/mol. The SMILES string of the molecule is CCOc1cc(C(OCC)OCC)cc([N+](=O)[O-])c1OCC. The third-order valence-corrected chi connectivity index (χ3v) is 2.75. The van der Waals surface area contributed by atoms with Crippen LogP contribution in [0, 0.1) is 10.1 Å². The van der Waals surface area contributed by atoms with Crippen molar-refractivity contribution in [3.05, 3.63) is 27.8 Å². The second-order valence-corrected chi connectivity index (χ2v) is 4.23. The van der Waals surface area contributed by atoms with E-state index in [9.17, 15) is 10.1 Å². The molecule has 0 N–H and O–H groups in total. The molecule has 0 amide bonds. The number of hydrogen-bond donors (Lipinski definition) is 0. The minimum Gasteiger partial charge on any atom is -0.490 e. The van der Waals surface area contributed by atoms with Gasteiger partial charge >= 0.3 is 5.69 Å². The van der Waals surface area contributed by atoms with Crippen LogP contribution in [0.3, 0.4) is 0 Å². The van der Waals surface area contributed by atoms with Gasteiger partial charge in [-0.1, -0.05) is 0 Å². The number of nitro benzene ring substituents is 1. The fraction of sp³-hybridized carbons (Fsp3) is 0.600. The summed E-state index contributed by atoms with van der Waals surface area (Å²) in [4.78, 5) is 10.8. The van der Waals surface area contributed by atoms with Crippen molar-refractivity contribution in [2.24, 2.45) is 0 Å². The van der Waals surface area contributed by atoms with E-state index in [0.29, 0.717) is 37.7 Å². The van der Waals surface area contributed by atoms with E-state index in [0.717, 1.165) is 0 Å². The Morgan fingerprint density at radius 1 is 1.00 bits per heavy atom. The zero-order valence-electron chi connectivity index (χ0n) is 13.5. The van der Waals surface area contributed by atoms with Crippen molar-refractivity contribution in [2.45, 2.75) is 34.0 Å². The third kappa shape index (κ3) is 4.57. The van der Waals surface area contributed by atoms with Gasteiger partial charge in [0.05, 0.1) is 18.1 Å². The number of nitro groups is 1. The molecule has 0 spiro atoms. The molecular formula is C15H23NO6. The molecule has 0 bridgehead atoms. The molecule has 0 aliphatic rings. The molecule has 0 unspecified atom stereocenters. The molecule has 124 valence electrons. The Hall–Kier alpha value is -1.86. The molecule has 1 rings (SSSR count). The van der Waals surface area contributed by atoms with Crippen LogP contribution in [-0.2, 0) is 9.47 Å². The van der Waals surface area contributed by atoms with Crippen molar-refractivity contribution < 1.29 is 23.9 Å². The number of nitrogens with zero attached hydrogens (tertiary/aromatic N) is 1. The molecule has 0 fully saturated rings. The lowest BCUT2D eigenvalue weighted by atomic mass is 10.1. The quantitative estimate of drug-likeness (QED) is 0.374. The van der Waals surface area contributed by atoms with Crippen LogP contribution >= 0.6 is 0 Å². The van der Waals surface area contributed by atoms with Crippen LogP contribution in [0.5, 0.6) is 11.5 Å². The Morgan fingerprint density at radius 3 is 2.05 bits per heavy atom. The molecule has 0 heterocycles. The van der Waals surface area contributed by atoms with Crippen LogP contribution in [0.25, 0.3) is 0 Å². The van der Waals surface area contributed by atoms with Gasteiger partial charge in [0.2, 0.25) is 5.75 Å². The summed E-state index contributed by atoms with van der Waals surface area (Å²) < 4.78 is 21.9. The molecule has 0 radical (unpaired) electrons. The molecule has 1 aromatic rings. The van der Waals surface area contributed by atoms with Crippen LogP contribution in [-0.4, -0.2) is 31.4 Å². The molecule has 0 aliphatic carbocycles. The van der Waals surface area contributed by atoms with Crippen LogP contribution in [0.1, 0.15) is 39.5 Å². The lowest BCUT2D eigenvalue weighted by Crippen LogP contribution is -2.11. The molecule has 7 nitrogen and oxygen atoms in total. The summed E-state index contributed by atoms with van der Waals surface area (Å²) in [5.41, 5.74) is 0.370. The van der Waals surface area contributed by atoms with Crippen molar-refractivity contribution in [2.75, 3.05) is 26.4 Å². The highest BCUT2D eigenvalue weighted by Crippen LogP contribution is 2.40. The monoisotopic (exact) mass is 313 g/mol. The summed E-state index contributed by atoms with van der Waals surface area (Å²) in [5.74, 6) is 0.447. The second-order valence-electron chi connectivity index (χ2n) is 4.23. The largest absolute Gasteiger partial charge is 0.490 e. The zero-order chi connectivity index (χ0) is 16.5. The average molecular weight is 313 g/mol. The highest BCUT2D eigenvalue weighted by molar-refractivity contribution is 5.58. The Balaban J connectivity index is 3.36. The summed E-state index contributed by atoms with van der Waals surface area (Å²) >= 11 is 0. The van der Waals surface area contributed by atoms with Crippen molar-refractivity contribution in [3.8, 4) is 11.5 Å². The fourth-order valence-electron chi connectivity index (χ4n) is 1.98. The van der Waals surface area contributed by atoms with Gasteiger partial charge < -0.3 is 18.9 Å². The molecule has 0 saturated carbocycles. The smallest absolute Gasteiger partial charge is 0.315 e. The third-order valence-electron chi connectivity index (χ3n) is 2.75. The molecule has 0 atom stereocenters. The number of rotatable bonds is 10. The summed E-state index contributed by atoms with van der Waals surface area (Å²) in [6.07, 6.45) is -0.677. The van der Waals surface area contributed by atoms with Crippen LogP contribution in [0.15, 0.2) is 12.1 Å². The van der Waals surface area contributed by atoms with E-state index >= 15 is 0 Å². The van der Waals surface area contributed by atoms with Crippen LogP contribution < -0.4 is 9.47 Å². The summed E-state index contributed by atoms with van der Waals surface area (Å²) in [6, 6.07) is 3.07. The van der Waals surface area contributed by atoms with Gasteiger partial charge in [0.15, 0.2) is 12.0 Å². The topological polar surface area (TPSA) is 80.1 Å². The van der Waals surface area contributed by atoms with Crippen molar-refractivity contribution >= 4 is 5.69 Å². The predicted molar refractivity (Wildman–Crippen MR) is 81.4 cm³/mol. The molecule has 1 aromatic carbocycles. The van der Waals surface area contributed by atoms with E-state index in [1.54, 1.807) is 19.9 Å². The maximum absolute atomic E-state index is 11.3. The number of benzene rings is 1. The van der Waals surface area contributed by atoms with E-state index in [1.807, 2.05) is 13.8 Å². The van der Waals surface area contributed by atoms with Crippen molar-refractivity contribution in [1.82, 2.24) is 0 Å². The Kier molecular flexibility index (Phi) is 7.62. The fourth-order valence-corrected chi connectivity index (χ4v) is 1.98. The van der Waals surface area contributed by atoms with Gasteiger partial charge in [0.1, 0.15) is 0 Å². The molecule has 0 saturated heterocycles. The van der Waals surface area contributed by atoms with Gasteiger partial charge in [-0.25, -0.2) is 0 Å². The van der Waals surface area contributed by atoms with Gasteiger partial charge in [0.25, 0.3) is 0 Å². The number of ether oxygens (including phenoxy) is 4. The number of hydrogen-bond acceptors (Lipinski definition) is 6. The standard InChI is InChI=1S/C15H23NO6/c1-5-19-13-10-11(15(21-7-3)22-8-4)9-12(16(17)18)14(13)20-6-2/h9-10,15H,5-8H2,1-4H3. The molecule has 22 heavy (non-hydrogen) atoms. The maximum atomic E-state index is 11.3. The zero-order valence-corrected chi connectivity index (χ0v) is 13.5. The van der Waals surface area contributed by atoms with Crippen molar-refractivity contribution in [3.63, 3.8) is 0 Å². The predicted octanol–water partition coefficient (Wildman–Crippen LogP) is 3.46. The first-order valence-corrected chi connectivity index (χ1v) is 7.39. The van der Waals surface area contributed by atoms with Gasteiger partial charge in [0, 0.05) is 24.8 Å². The molecule has 7 heteroatoms. The first kappa shape index (κ1) is 18.2. The van der Waals surface area contributed by atoms with Crippen LogP contribution in [0.4, 0.5) is 5.69 Å². The van der Waals surface area contributed by atoms with Gasteiger partial charge in [-0.2, -0.15) is 0 Å². The summed E-state index contributed by atoms with van der Waals surface area (Å²) in [5, 5.41) is 11.3. The van der Waals surface area contributed by atoms with E-state index in [2.05, 4.69) is 0 Å². The average Bonchev–Trinajstić information content (AvgIpc) is 2.48. The molecule has 0 aliphatic heterocycles. The highest BCUT2D eigenvalue weighted by Gasteiger charge is 2.25. The van der Waals surface area contributed by atoms with E-state index in [4.69, 9.17) is 18.9 Å². The van der Waals surface area contributed by atoms with E-state index in [-0.39, 0.29) is 11.4 Å². The maximum Gasteiger partial charge on any atom is 0.315 e. The van der Waals surface area contributed by atoms with E-state index in [1.165, 1.54) is 6.07 Å². The Morgan fingerprint density at radius 2 is 1.59 bits per heavy atom. The molecule has 0 aromatic heterocycles. The van der Waals surface area contributed by atoms with Crippen LogP contribution in [0.2, 0.25) is 0 Å². The van der Waals surface area contributed by atoms with Gasteiger partial charge in [-0.05, 0) is 33.8 Å². The first-order valence-electron chi connectivity index (χ1n) is 7.39. The summed E-state index contributed by atoms with van der Waals surface area (Å²) in [7, 11) is 0.